The van der Waals surface area contributed by atoms with E-state index in [1.54, 1.807) is 11.1 Å². The fourth-order valence-corrected chi connectivity index (χ4v) is 4.02. The number of aryl methyl sites for hydroxylation is 1. The topological polar surface area (TPSA) is 78.1 Å². The molecule has 1 aliphatic rings. The Kier molecular flexibility index (Phi) is 4.46. The number of nitrogens with zero attached hydrogens (tertiary/aromatic N) is 2. The SMILES string of the molecule is Cc1cnc(NC(=O)[C@@H]2CCCN(C(=O)c3cc4ccccc4[nH]3)C2)s1. The third-order valence-corrected chi connectivity index (χ3v) is 5.52. The molecule has 1 aliphatic heterocycles. The van der Waals surface area contributed by atoms with Crippen molar-refractivity contribution in [1.82, 2.24) is 14.9 Å². The molecule has 0 saturated carbocycles. The van der Waals surface area contributed by atoms with Gasteiger partial charge < -0.3 is 15.2 Å². The second kappa shape index (κ2) is 6.92. The van der Waals surface area contributed by atoms with Crippen molar-refractivity contribution >= 4 is 39.2 Å². The van der Waals surface area contributed by atoms with E-state index in [0.29, 0.717) is 23.9 Å². The van der Waals surface area contributed by atoms with Gasteiger partial charge in [-0.15, -0.1) is 11.3 Å². The number of thiazole rings is 1. The van der Waals surface area contributed by atoms with Gasteiger partial charge in [-0.3, -0.25) is 9.59 Å². The Morgan fingerprint density at radius 3 is 2.96 bits per heavy atom. The summed E-state index contributed by atoms with van der Waals surface area (Å²) in [5, 5.41) is 4.51. The van der Waals surface area contributed by atoms with Gasteiger partial charge in [0, 0.05) is 35.1 Å². The molecule has 1 saturated heterocycles. The van der Waals surface area contributed by atoms with Crippen LogP contribution in [0.4, 0.5) is 5.13 Å². The average molecular weight is 368 g/mol. The predicted molar refractivity (Wildman–Crippen MR) is 102 cm³/mol. The highest BCUT2D eigenvalue weighted by Crippen LogP contribution is 2.23. The van der Waals surface area contributed by atoms with Gasteiger partial charge in [0.15, 0.2) is 5.13 Å². The van der Waals surface area contributed by atoms with Crippen molar-refractivity contribution in [3.05, 3.63) is 47.1 Å². The van der Waals surface area contributed by atoms with E-state index in [9.17, 15) is 9.59 Å². The van der Waals surface area contributed by atoms with E-state index in [1.165, 1.54) is 11.3 Å². The van der Waals surface area contributed by atoms with Crippen LogP contribution in [0.2, 0.25) is 0 Å². The monoisotopic (exact) mass is 368 g/mol. The summed E-state index contributed by atoms with van der Waals surface area (Å²) in [5.41, 5.74) is 1.52. The Bertz CT molecular complexity index is 928. The van der Waals surface area contributed by atoms with Crippen LogP contribution < -0.4 is 5.32 Å². The van der Waals surface area contributed by atoms with Gasteiger partial charge in [-0.05, 0) is 31.9 Å². The molecule has 0 aliphatic carbocycles. The normalized spacial score (nSPS) is 17.4. The van der Waals surface area contributed by atoms with Crippen LogP contribution >= 0.6 is 11.3 Å². The Morgan fingerprint density at radius 2 is 2.19 bits per heavy atom. The summed E-state index contributed by atoms with van der Waals surface area (Å²) in [4.78, 5) is 35.6. The first-order valence-electron chi connectivity index (χ1n) is 8.70. The largest absolute Gasteiger partial charge is 0.351 e. The average Bonchev–Trinajstić information content (AvgIpc) is 3.27. The smallest absolute Gasteiger partial charge is 0.270 e. The third-order valence-electron chi connectivity index (χ3n) is 4.69. The second-order valence-corrected chi connectivity index (χ2v) is 7.86. The molecule has 26 heavy (non-hydrogen) atoms. The van der Waals surface area contributed by atoms with Crippen LogP contribution in [-0.2, 0) is 4.79 Å². The van der Waals surface area contributed by atoms with Gasteiger partial charge in [-0.1, -0.05) is 18.2 Å². The number of hydrogen-bond acceptors (Lipinski definition) is 4. The molecule has 134 valence electrons. The van der Waals surface area contributed by atoms with E-state index >= 15 is 0 Å². The number of carbonyl (C=O) groups excluding carboxylic acids is 2. The van der Waals surface area contributed by atoms with Crippen molar-refractivity contribution in [3.8, 4) is 0 Å². The maximum atomic E-state index is 12.9. The Balaban J connectivity index is 1.45. The van der Waals surface area contributed by atoms with Crippen molar-refractivity contribution in [3.63, 3.8) is 0 Å². The minimum absolute atomic E-state index is 0.0520. The molecule has 7 heteroatoms. The number of nitrogens with one attached hydrogen (secondary N) is 2. The van der Waals surface area contributed by atoms with Crippen LogP contribution in [0, 0.1) is 12.8 Å². The summed E-state index contributed by atoms with van der Waals surface area (Å²) in [6, 6.07) is 9.69. The lowest BCUT2D eigenvalue weighted by atomic mass is 9.97. The number of rotatable bonds is 3. The van der Waals surface area contributed by atoms with Crippen molar-refractivity contribution in [2.75, 3.05) is 18.4 Å². The van der Waals surface area contributed by atoms with Gasteiger partial charge in [0.25, 0.3) is 5.91 Å². The van der Waals surface area contributed by atoms with Gasteiger partial charge in [0.05, 0.1) is 5.92 Å². The number of anilines is 1. The number of carbonyl (C=O) groups is 2. The highest BCUT2D eigenvalue weighted by atomic mass is 32.1. The van der Waals surface area contributed by atoms with Crippen molar-refractivity contribution in [1.29, 1.82) is 0 Å². The molecule has 1 aromatic carbocycles. The molecular weight excluding hydrogens is 348 g/mol. The molecule has 2 amide bonds. The molecule has 1 fully saturated rings. The van der Waals surface area contributed by atoms with Crippen molar-refractivity contribution in [2.45, 2.75) is 19.8 Å². The summed E-state index contributed by atoms with van der Waals surface area (Å²) in [7, 11) is 0. The second-order valence-electron chi connectivity index (χ2n) is 6.63. The first kappa shape index (κ1) is 16.8. The lowest BCUT2D eigenvalue weighted by Gasteiger charge is -2.31. The fraction of sp³-hybridized carbons (Fsp3) is 0.316. The summed E-state index contributed by atoms with van der Waals surface area (Å²) in [6.45, 7) is 3.06. The zero-order chi connectivity index (χ0) is 18.1. The Morgan fingerprint density at radius 1 is 1.35 bits per heavy atom. The highest BCUT2D eigenvalue weighted by molar-refractivity contribution is 7.15. The Hall–Kier alpha value is -2.67. The number of H-pyrrole nitrogens is 1. The first-order valence-corrected chi connectivity index (χ1v) is 9.52. The van der Waals surface area contributed by atoms with Gasteiger partial charge >= 0.3 is 0 Å². The van der Waals surface area contributed by atoms with E-state index < -0.39 is 0 Å². The van der Waals surface area contributed by atoms with Crippen LogP contribution in [-0.4, -0.2) is 39.8 Å². The summed E-state index contributed by atoms with van der Waals surface area (Å²) >= 11 is 1.46. The number of benzene rings is 1. The molecule has 0 unspecified atom stereocenters. The standard InChI is InChI=1S/C19H20N4O2S/c1-12-10-20-19(26-12)22-17(24)14-6-4-8-23(11-14)18(25)16-9-13-5-2-3-7-15(13)21-16/h2-3,5,7,9-10,14,21H,4,6,8,11H2,1H3,(H,20,22,24)/t14-/m1/s1. The number of fused-ring (bicyclic) bond motifs is 1. The highest BCUT2D eigenvalue weighted by Gasteiger charge is 2.30. The first-order chi connectivity index (χ1) is 12.6. The van der Waals surface area contributed by atoms with Crippen LogP contribution in [0.5, 0.6) is 0 Å². The molecule has 0 spiro atoms. The van der Waals surface area contributed by atoms with Gasteiger partial charge in [0.2, 0.25) is 5.91 Å². The zero-order valence-corrected chi connectivity index (χ0v) is 15.3. The summed E-state index contributed by atoms with van der Waals surface area (Å²) in [6.07, 6.45) is 3.35. The molecule has 4 rings (SSSR count). The molecule has 3 aromatic rings. The van der Waals surface area contributed by atoms with Crippen molar-refractivity contribution in [2.24, 2.45) is 5.92 Å². The number of hydrogen-bond donors (Lipinski definition) is 2. The fourth-order valence-electron chi connectivity index (χ4n) is 3.35. The van der Waals surface area contributed by atoms with Crippen LogP contribution in [0.25, 0.3) is 10.9 Å². The lowest BCUT2D eigenvalue weighted by Crippen LogP contribution is -2.43. The summed E-state index contributed by atoms with van der Waals surface area (Å²) in [5.74, 6) is -0.321. The minimum atomic E-state index is -0.207. The van der Waals surface area contributed by atoms with E-state index in [0.717, 1.165) is 28.6 Å². The zero-order valence-electron chi connectivity index (χ0n) is 14.5. The Labute approximate surface area is 155 Å². The van der Waals surface area contributed by atoms with E-state index in [2.05, 4.69) is 15.3 Å². The number of aromatic amines is 1. The maximum absolute atomic E-state index is 12.9. The lowest BCUT2D eigenvalue weighted by molar-refractivity contribution is -0.121. The molecule has 1 atom stereocenters. The molecule has 3 heterocycles. The molecule has 0 radical (unpaired) electrons. The van der Waals surface area contributed by atoms with Crippen molar-refractivity contribution < 1.29 is 9.59 Å². The number of para-hydroxylation sites is 1. The van der Waals surface area contributed by atoms with Gasteiger partial charge in [-0.2, -0.15) is 0 Å². The third kappa shape index (κ3) is 3.35. The van der Waals surface area contributed by atoms with Crippen LogP contribution in [0.1, 0.15) is 28.2 Å². The van der Waals surface area contributed by atoms with Gasteiger partial charge in [-0.25, -0.2) is 4.98 Å². The van der Waals surface area contributed by atoms with E-state index in [1.807, 2.05) is 37.3 Å². The quantitative estimate of drug-likeness (QED) is 0.743. The van der Waals surface area contributed by atoms with Crippen LogP contribution in [0.3, 0.4) is 0 Å². The predicted octanol–water partition coefficient (Wildman–Crippen LogP) is 3.42. The number of piperidine rings is 1. The van der Waals surface area contributed by atoms with E-state index in [-0.39, 0.29) is 17.7 Å². The van der Waals surface area contributed by atoms with E-state index in [4.69, 9.17) is 0 Å². The van der Waals surface area contributed by atoms with Crippen LogP contribution in [0.15, 0.2) is 36.5 Å². The number of aromatic nitrogens is 2. The summed E-state index contributed by atoms with van der Waals surface area (Å²) < 4.78 is 0. The molecule has 0 bridgehead atoms. The minimum Gasteiger partial charge on any atom is -0.351 e. The molecule has 6 nitrogen and oxygen atoms in total. The molecule has 2 N–H and O–H groups in total. The number of amides is 2. The van der Waals surface area contributed by atoms with Gasteiger partial charge in [0.1, 0.15) is 5.69 Å². The molecular formula is C19H20N4O2S. The maximum Gasteiger partial charge on any atom is 0.270 e. The molecule has 2 aromatic heterocycles. The number of likely N-dealkylation sites (tertiary alicyclic amines) is 1.